The molecule has 2 amide bonds. The molecule has 0 bridgehead atoms. The average Bonchev–Trinajstić information content (AvgIpc) is 3.36. The highest BCUT2D eigenvalue weighted by molar-refractivity contribution is 7.80. The van der Waals surface area contributed by atoms with Crippen LogP contribution in [0.3, 0.4) is 0 Å². The van der Waals surface area contributed by atoms with Crippen LogP contribution in [0.4, 0.5) is 23.1 Å². The van der Waals surface area contributed by atoms with Gasteiger partial charge in [0.25, 0.3) is 0 Å². The number of rotatable bonds is 4. The second kappa shape index (κ2) is 10.1. The summed E-state index contributed by atoms with van der Waals surface area (Å²) < 4.78 is 40.2. The zero-order valence-corrected chi connectivity index (χ0v) is 19.8. The average molecular weight is 490 g/mol. The Morgan fingerprint density at radius 2 is 2.03 bits per heavy atom. The van der Waals surface area contributed by atoms with E-state index in [1.807, 2.05) is 0 Å². The minimum absolute atomic E-state index is 0.0812. The molecule has 0 spiro atoms. The highest BCUT2D eigenvalue weighted by atomic mass is 32.1. The van der Waals surface area contributed by atoms with E-state index in [4.69, 9.17) is 23.1 Å². The van der Waals surface area contributed by atoms with Crippen LogP contribution in [0.5, 0.6) is 0 Å². The van der Waals surface area contributed by atoms with E-state index in [1.54, 1.807) is 17.9 Å². The Bertz CT molecular complexity index is 978. The van der Waals surface area contributed by atoms with Gasteiger partial charge in [-0.2, -0.15) is 13.2 Å². The maximum atomic E-state index is 13.4. The van der Waals surface area contributed by atoms with Gasteiger partial charge in [0.15, 0.2) is 5.13 Å². The molecule has 4 N–H and O–H groups in total. The van der Waals surface area contributed by atoms with Crippen molar-refractivity contribution in [2.75, 3.05) is 19.0 Å². The first-order valence-corrected chi connectivity index (χ1v) is 11.0. The van der Waals surface area contributed by atoms with E-state index in [0.29, 0.717) is 27.8 Å². The number of thiazole rings is 1. The lowest BCUT2D eigenvalue weighted by atomic mass is 9.87. The number of carbonyl (C=O) groups is 1. The van der Waals surface area contributed by atoms with Gasteiger partial charge in [-0.15, -0.1) is 0 Å². The topological polar surface area (TPSA) is 104 Å². The minimum Gasteiger partial charge on any atom is -0.400 e. The van der Waals surface area contributed by atoms with Crippen LogP contribution in [-0.4, -0.2) is 56.9 Å². The molecule has 7 nitrogen and oxygen atoms in total. The maximum absolute atomic E-state index is 13.4. The fourth-order valence-corrected chi connectivity index (χ4v) is 4.44. The van der Waals surface area contributed by atoms with Gasteiger partial charge in [0.2, 0.25) is 0 Å². The monoisotopic (exact) mass is 489 g/mol. The SMILES string of the molecule is CO.Cc1nc(NC(=O)N2CCCC2C(N)=S)sc1-c1ccnc(C(C)(C)C(F)(F)F)c1. The molecule has 3 heterocycles. The van der Waals surface area contributed by atoms with Crippen molar-refractivity contribution in [2.45, 2.75) is 51.2 Å². The molecule has 2 aromatic heterocycles. The molecule has 0 aromatic carbocycles. The van der Waals surface area contributed by atoms with Crippen molar-refractivity contribution >= 4 is 39.7 Å². The second-order valence-corrected chi connectivity index (χ2v) is 9.14. The number of halogens is 3. The number of nitrogens with zero attached hydrogens (tertiary/aromatic N) is 3. The van der Waals surface area contributed by atoms with Gasteiger partial charge < -0.3 is 15.7 Å². The molecule has 2 aromatic rings. The standard InChI is InChI=1S/C19H22F3N5OS2.CH4O/c1-10-14(11-6-7-24-13(9-11)18(2,3)19(20,21)22)30-16(25-10)26-17(28)27-8-4-5-12(27)15(23)29;1-2/h6-7,9,12H,4-5,8H2,1-3H3,(H2,23,29)(H,25,26,28);2H,1H3. The summed E-state index contributed by atoms with van der Waals surface area (Å²) in [7, 11) is 1.00. The van der Waals surface area contributed by atoms with Crippen molar-refractivity contribution in [1.82, 2.24) is 14.9 Å². The summed E-state index contributed by atoms with van der Waals surface area (Å²) in [6.45, 7) is 4.48. The van der Waals surface area contributed by atoms with Gasteiger partial charge >= 0.3 is 12.2 Å². The molecule has 1 atom stereocenters. The molecule has 176 valence electrons. The van der Waals surface area contributed by atoms with Crippen molar-refractivity contribution < 1.29 is 23.1 Å². The molecule has 32 heavy (non-hydrogen) atoms. The number of alkyl halides is 3. The summed E-state index contributed by atoms with van der Waals surface area (Å²) in [6, 6.07) is 2.42. The van der Waals surface area contributed by atoms with E-state index in [-0.39, 0.29) is 22.8 Å². The molecule has 1 saturated heterocycles. The highest BCUT2D eigenvalue weighted by Gasteiger charge is 2.49. The molecule has 12 heteroatoms. The molecule has 0 radical (unpaired) electrons. The number of anilines is 1. The number of carbonyl (C=O) groups excluding carboxylic acids is 1. The van der Waals surface area contributed by atoms with Gasteiger partial charge in [-0.05, 0) is 51.3 Å². The van der Waals surface area contributed by atoms with Crippen LogP contribution in [-0.2, 0) is 5.41 Å². The van der Waals surface area contributed by atoms with Crippen LogP contribution in [0.25, 0.3) is 10.4 Å². The van der Waals surface area contributed by atoms with Gasteiger partial charge in [0.1, 0.15) is 5.41 Å². The van der Waals surface area contributed by atoms with Crippen molar-refractivity contribution in [3.05, 3.63) is 29.7 Å². The third-order valence-electron chi connectivity index (χ3n) is 5.22. The quantitative estimate of drug-likeness (QED) is 0.555. The maximum Gasteiger partial charge on any atom is 0.399 e. The van der Waals surface area contributed by atoms with E-state index in [1.165, 1.54) is 23.6 Å². The molecule has 3 rings (SSSR count). The van der Waals surface area contributed by atoms with Crippen LogP contribution in [0, 0.1) is 6.92 Å². The fourth-order valence-electron chi connectivity index (χ4n) is 3.25. The van der Waals surface area contributed by atoms with E-state index >= 15 is 0 Å². The van der Waals surface area contributed by atoms with E-state index in [2.05, 4.69) is 15.3 Å². The van der Waals surface area contributed by atoms with Crippen molar-refractivity contribution in [1.29, 1.82) is 0 Å². The second-order valence-electron chi connectivity index (χ2n) is 7.67. The summed E-state index contributed by atoms with van der Waals surface area (Å²) in [5.74, 6) is 0. The number of nitrogens with one attached hydrogen (secondary N) is 1. The summed E-state index contributed by atoms with van der Waals surface area (Å²) in [5, 5.41) is 10.1. The number of amides is 2. The minimum atomic E-state index is -4.43. The number of aliphatic hydroxyl groups is 1. The number of pyridine rings is 1. The Labute approximate surface area is 193 Å². The van der Waals surface area contributed by atoms with E-state index < -0.39 is 11.6 Å². The lowest BCUT2D eigenvalue weighted by molar-refractivity contribution is -0.181. The summed E-state index contributed by atoms with van der Waals surface area (Å²) in [5.41, 5.74) is 4.71. The predicted molar refractivity (Wildman–Crippen MR) is 123 cm³/mol. The lowest BCUT2D eigenvalue weighted by Gasteiger charge is -2.27. The van der Waals surface area contributed by atoms with Crippen molar-refractivity contribution in [2.24, 2.45) is 5.73 Å². The molecule has 1 aliphatic heterocycles. The Morgan fingerprint density at radius 3 is 2.62 bits per heavy atom. The van der Waals surface area contributed by atoms with Crippen LogP contribution >= 0.6 is 23.6 Å². The number of hydrogen-bond donors (Lipinski definition) is 3. The van der Waals surface area contributed by atoms with Gasteiger partial charge in [-0.25, -0.2) is 9.78 Å². The van der Waals surface area contributed by atoms with Gasteiger partial charge in [-0.1, -0.05) is 23.6 Å². The number of urea groups is 1. The van der Waals surface area contributed by atoms with E-state index in [9.17, 15) is 18.0 Å². The fraction of sp³-hybridized carbons (Fsp3) is 0.500. The normalized spacial score (nSPS) is 16.4. The third kappa shape index (κ3) is 5.36. The molecule has 1 aliphatic rings. The van der Waals surface area contributed by atoms with Crippen LogP contribution in [0.1, 0.15) is 38.1 Å². The first-order chi connectivity index (χ1) is 14.9. The largest absolute Gasteiger partial charge is 0.400 e. The number of thiocarbonyl (C=S) groups is 1. The van der Waals surface area contributed by atoms with Gasteiger partial charge in [0.05, 0.1) is 27.3 Å². The van der Waals surface area contributed by atoms with E-state index in [0.717, 1.165) is 33.8 Å². The predicted octanol–water partition coefficient (Wildman–Crippen LogP) is 4.24. The summed E-state index contributed by atoms with van der Waals surface area (Å²) in [4.78, 5) is 23.4. The smallest absolute Gasteiger partial charge is 0.399 e. The number of hydrogen-bond acceptors (Lipinski definition) is 6. The van der Waals surface area contributed by atoms with Crippen molar-refractivity contribution in [3.8, 4) is 10.4 Å². The Balaban J connectivity index is 0.00000176. The van der Waals surface area contributed by atoms with Gasteiger partial charge in [0, 0.05) is 19.9 Å². The number of likely N-dealkylation sites (tertiary alicyclic amines) is 1. The molecular weight excluding hydrogens is 463 g/mol. The van der Waals surface area contributed by atoms with Crippen LogP contribution < -0.4 is 11.1 Å². The van der Waals surface area contributed by atoms with Gasteiger partial charge in [-0.3, -0.25) is 10.3 Å². The Hall–Kier alpha value is -2.31. The number of aliphatic hydroxyl groups excluding tert-OH is 1. The zero-order chi connectivity index (χ0) is 24.3. The first-order valence-electron chi connectivity index (χ1n) is 9.74. The molecule has 1 unspecified atom stereocenters. The lowest BCUT2D eigenvalue weighted by Crippen LogP contribution is -2.44. The van der Waals surface area contributed by atoms with Crippen molar-refractivity contribution in [3.63, 3.8) is 0 Å². The Kier molecular flexibility index (Phi) is 8.18. The summed E-state index contributed by atoms with van der Waals surface area (Å²) >= 11 is 6.22. The molecule has 0 aliphatic carbocycles. The molecule has 1 fully saturated rings. The van der Waals surface area contributed by atoms with Crippen LogP contribution in [0.2, 0.25) is 0 Å². The molecular formula is C20H26F3N5O2S2. The highest BCUT2D eigenvalue weighted by Crippen LogP contribution is 2.41. The summed E-state index contributed by atoms with van der Waals surface area (Å²) in [6.07, 6.45) is -1.55. The zero-order valence-electron chi connectivity index (χ0n) is 18.2. The number of aromatic nitrogens is 2. The van der Waals surface area contributed by atoms with Crippen LogP contribution in [0.15, 0.2) is 18.3 Å². The molecule has 0 saturated carbocycles. The Morgan fingerprint density at radius 1 is 1.38 bits per heavy atom. The first kappa shape index (κ1) is 25.9. The number of nitrogens with two attached hydrogens (primary N) is 1. The number of aryl methyl sites for hydroxylation is 1. The third-order valence-corrected chi connectivity index (χ3v) is 6.62.